The van der Waals surface area contributed by atoms with Gasteiger partial charge in [-0.25, -0.2) is 9.97 Å². The number of rotatable bonds is 4. The lowest BCUT2D eigenvalue weighted by atomic mass is 10.2. The number of aryl methyl sites for hydroxylation is 1. The number of hydrogen-bond acceptors (Lipinski definition) is 7. The Balaban J connectivity index is 1.45. The number of carbonyl (C=O) groups excluding carboxylic acids is 1. The molecule has 0 bridgehead atoms. The molecule has 0 saturated carbocycles. The van der Waals surface area contributed by atoms with Gasteiger partial charge in [0, 0.05) is 44.1 Å². The number of likely N-dealkylation sites (N-methyl/N-ethyl adjacent to an activating group) is 1. The van der Waals surface area contributed by atoms with E-state index in [9.17, 15) is 4.79 Å². The molecule has 0 aliphatic carbocycles. The summed E-state index contributed by atoms with van der Waals surface area (Å²) in [6.45, 7) is 9.08. The molecule has 0 spiro atoms. The van der Waals surface area contributed by atoms with E-state index in [1.165, 1.54) is 0 Å². The number of amides is 1. The van der Waals surface area contributed by atoms with E-state index in [4.69, 9.17) is 9.47 Å². The van der Waals surface area contributed by atoms with Crippen molar-refractivity contribution in [3.8, 4) is 11.5 Å². The van der Waals surface area contributed by atoms with Crippen molar-refractivity contribution in [2.24, 2.45) is 0 Å². The van der Waals surface area contributed by atoms with Crippen molar-refractivity contribution in [2.45, 2.75) is 13.8 Å². The number of anilines is 2. The Kier molecular flexibility index (Phi) is 4.81. The molecule has 0 atom stereocenters. The summed E-state index contributed by atoms with van der Waals surface area (Å²) in [6.07, 6.45) is 1.60. The van der Waals surface area contributed by atoms with Crippen LogP contribution in [0.15, 0.2) is 24.4 Å². The van der Waals surface area contributed by atoms with Gasteiger partial charge in [0.05, 0.1) is 11.3 Å². The van der Waals surface area contributed by atoms with Gasteiger partial charge in [-0.3, -0.25) is 4.79 Å². The lowest BCUT2D eigenvalue weighted by Gasteiger charge is -2.34. The topological polar surface area (TPSA) is 79.8 Å². The molecule has 0 unspecified atom stereocenters. The number of aromatic nitrogens is 2. The first-order chi connectivity index (χ1) is 13.1. The van der Waals surface area contributed by atoms with Crippen molar-refractivity contribution in [1.29, 1.82) is 0 Å². The lowest BCUT2D eigenvalue weighted by Crippen LogP contribution is -2.46. The van der Waals surface area contributed by atoms with Gasteiger partial charge in [-0.05, 0) is 25.6 Å². The fourth-order valence-electron chi connectivity index (χ4n) is 3.27. The van der Waals surface area contributed by atoms with Gasteiger partial charge in [-0.2, -0.15) is 0 Å². The van der Waals surface area contributed by atoms with E-state index in [1.54, 1.807) is 24.4 Å². The van der Waals surface area contributed by atoms with Gasteiger partial charge in [0.1, 0.15) is 0 Å². The minimum absolute atomic E-state index is 0.202. The zero-order valence-corrected chi connectivity index (χ0v) is 15.6. The molecule has 142 valence electrons. The minimum atomic E-state index is -0.242. The Labute approximate surface area is 158 Å². The van der Waals surface area contributed by atoms with Crippen molar-refractivity contribution in [2.75, 3.05) is 49.7 Å². The molecule has 1 saturated heterocycles. The van der Waals surface area contributed by atoms with Crippen LogP contribution in [-0.4, -0.2) is 60.3 Å². The minimum Gasteiger partial charge on any atom is -0.454 e. The Morgan fingerprint density at radius 3 is 2.70 bits per heavy atom. The summed E-state index contributed by atoms with van der Waals surface area (Å²) >= 11 is 0. The Morgan fingerprint density at radius 2 is 1.96 bits per heavy atom. The quantitative estimate of drug-likeness (QED) is 0.882. The molecule has 8 heteroatoms. The summed E-state index contributed by atoms with van der Waals surface area (Å²) in [4.78, 5) is 26.2. The van der Waals surface area contributed by atoms with Crippen LogP contribution in [-0.2, 0) is 0 Å². The average Bonchev–Trinajstić information content (AvgIpc) is 3.15. The Hall–Kier alpha value is -2.87. The summed E-state index contributed by atoms with van der Waals surface area (Å²) in [5, 5.41) is 2.87. The highest BCUT2D eigenvalue weighted by Crippen LogP contribution is 2.34. The summed E-state index contributed by atoms with van der Waals surface area (Å²) in [7, 11) is 0. The molecule has 2 aliphatic rings. The second kappa shape index (κ2) is 7.40. The van der Waals surface area contributed by atoms with Crippen LogP contribution < -0.4 is 19.7 Å². The van der Waals surface area contributed by atoms with Gasteiger partial charge >= 0.3 is 0 Å². The van der Waals surface area contributed by atoms with Gasteiger partial charge in [0.15, 0.2) is 11.5 Å². The second-order valence-corrected chi connectivity index (χ2v) is 6.61. The number of carbonyl (C=O) groups is 1. The highest BCUT2D eigenvalue weighted by atomic mass is 16.7. The number of benzene rings is 1. The number of hydrogen-bond donors (Lipinski definition) is 1. The van der Waals surface area contributed by atoms with Crippen molar-refractivity contribution in [1.82, 2.24) is 14.9 Å². The van der Waals surface area contributed by atoms with Crippen LogP contribution in [0.25, 0.3) is 0 Å². The normalized spacial score (nSPS) is 16.4. The SMILES string of the molecule is CCN1CCN(c2ncc(C(=O)Nc3ccc4c(c3)OCO4)c(C)n2)CC1. The molecule has 1 fully saturated rings. The monoisotopic (exact) mass is 369 g/mol. The summed E-state index contributed by atoms with van der Waals surface area (Å²) in [6, 6.07) is 5.31. The summed E-state index contributed by atoms with van der Waals surface area (Å²) in [5.41, 5.74) is 1.77. The van der Waals surface area contributed by atoms with E-state index in [2.05, 4.69) is 32.0 Å². The third-order valence-electron chi connectivity index (χ3n) is 4.94. The third kappa shape index (κ3) is 3.66. The van der Waals surface area contributed by atoms with Gasteiger partial charge < -0.3 is 24.6 Å². The van der Waals surface area contributed by atoms with Gasteiger partial charge in [-0.1, -0.05) is 6.92 Å². The largest absolute Gasteiger partial charge is 0.454 e. The molecule has 2 aliphatic heterocycles. The van der Waals surface area contributed by atoms with E-state index in [0.717, 1.165) is 32.7 Å². The van der Waals surface area contributed by atoms with Crippen molar-refractivity contribution >= 4 is 17.5 Å². The lowest BCUT2D eigenvalue weighted by molar-refractivity contribution is 0.102. The fraction of sp³-hybridized carbons (Fsp3) is 0.421. The number of fused-ring (bicyclic) bond motifs is 1. The van der Waals surface area contributed by atoms with Crippen LogP contribution in [0.3, 0.4) is 0 Å². The number of piperazine rings is 1. The van der Waals surface area contributed by atoms with Crippen molar-refractivity contribution < 1.29 is 14.3 Å². The molecular weight excluding hydrogens is 346 g/mol. The number of ether oxygens (including phenoxy) is 2. The number of nitrogens with one attached hydrogen (secondary N) is 1. The van der Waals surface area contributed by atoms with E-state index in [-0.39, 0.29) is 12.7 Å². The van der Waals surface area contributed by atoms with Crippen molar-refractivity contribution in [3.63, 3.8) is 0 Å². The van der Waals surface area contributed by atoms with Crippen LogP contribution in [0.1, 0.15) is 23.0 Å². The van der Waals surface area contributed by atoms with E-state index >= 15 is 0 Å². The molecule has 1 N–H and O–H groups in total. The van der Waals surface area contributed by atoms with Crippen LogP contribution in [0.5, 0.6) is 11.5 Å². The fourth-order valence-corrected chi connectivity index (χ4v) is 3.27. The zero-order valence-electron chi connectivity index (χ0n) is 15.6. The molecule has 3 heterocycles. The van der Waals surface area contributed by atoms with Crippen LogP contribution >= 0.6 is 0 Å². The second-order valence-electron chi connectivity index (χ2n) is 6.61. The maximum Gasteiger partial charge on any atom is 0.259 e. The predicted octanol–water partition coefficient (Wildman–Crippen LogP) is 1.91. The van der Waals surface area contributed by atoms with E-state index in [0.29, 0.717) is 34.4 Å². The van der Waals surface area contributed by atoms with Crippen LogP contribution in [0.4, 0.5) is 11.6 Å². The molecule has 4 rings (SSSR count). The summed E-state index contributed by atoms with van der Waals surface area (Å²) < 4.78 is 10.6. The first-order valence-corrected chi connectivity index (χ1v) is 9.16. The summed E-state index contributed by atoms with van der Waals surface area (Å²) in [5.74, 6) is 1.75. The van der Waals surface area contributed by atoms with Gasteiger partial charge in [0.2, 0.25) is 12.7 Å². The van der Waals surface area contributed by atoms with Crippen molar-refractivity contribution in [3.05, 3.63) is 35.7 Å². The smallest absolute Gasteiger partial charge is 0.259 e. The van der Waals surface area contributed by atoms with E-state index < -0.39 is 0 Å². The molecule has 2 aromatic rings. The van der Waals surface area contributed by atoms with Gasteiger partial charge in [-0.15, -0.1) is 0 Å². The molecular formula is C19H23N5O3. The molecule has 1 aromatic heterocycles. The molecule has 8 nitrogen and oxygen atoms in total. The molecule has 1 aromatic carbocycles. The van der Waals surface area contributed by atoms with E-state index in [1.807, 2.05) is 6.92 Å². The van der Waals surface area contributed by atoms with Crippen LogP contribution in [0, 0.1) is 6.92 Å². The molecule has 0 radical (unpaired) electrons. The highest BCUT2D eigenvalue weighted by molar-refractivity contribution is 6.05. The predicted molar refractivity (Wildman–Crippen MR) is 102 cm³/mol. The first-order valence-electron chi connectivity index (χ1n) is 9.16. The molecule has 27 heavy (non-hydrogen) atoms. The maximum atomic E-state index is 12.6. The average molecular weight is 369 g/mol. The highest BCUT2D eigenvalue weighted by Gasteiger charge is 2.20. The van der Waals surface area contributed by atoms with Crippen LogP contribution in [0.2, 0.25) is 0 Å². The number of nitrogens with zero attached hydrogens (tertiary/aromatic N) is 4. The van der Waals surface area contributed by atoms with Gasteiger partial charge in [0.25, 0.3) is 5.91 Å². The standard InChI is InChI=1S/C19H23N5O3/c1-3-23-6-8-24(9-7-23)19-20-11-15(13(2)21-19)18(25)22-14-4-5-16-17(10-14)27-12-26-16/h4-5,10-11H,3,6-9,12H2,1-2H3,(H,22,25). The first kappa shape index (κ1) is 17.5. The third-order valence-corrected chi connectivity index (χ3v) is 4.94. The molecule has 1 amide bonds. The Morgan fingerprint density at radius 1 is 1.19 bits per heavy atom. The Bertz CT molecular complexity index is 849. The maximum absolute atomic E-state index is 12.6. The zero-order chi connectivity index (χ0) is 18.8.